The lowest BCUT2D eigenvalue weighted by atomic mass is 9.97. The predicted octanol–water partition coefficient (Wildman–Crippen LogP) is 2.23. The lowest BCUT2D eigenvalue weighted by molar-refractivity contribution is -0.117. The van der Waals surface area contributed by atoms with Crippen LogP contribution >= 0.6 is 0 Å². The Bertz CT molecular complexity index is 1410. The quantitative estimate of drug-likeness (QED) is 0.521. The minimum absolute atomic E-state index is 0.106. The third-order valence-corrected chi connectivity index (χ3v) is 7.98. The van der Waals surface area contributed by atoms with Crippen molar-refractivity contribution in [3.8, 4) is 5.75 Å². The Balaban J connectivity index is 1.45. The highest BCUT2D eigenvalue weighted by Gasteiger charge is 2.39. The number of halogens is 1. The van der Waals surface area contributed by atoms with Crippen molar-refractivity contribution >= 4 is 21.8 Å². The van der Waals surface area contributed by atoms with Gasteiger partial charge in [0.15, 0.2) is 5.82 Å². The van der Waals surface area contributed by atoms with Crippen LogP contribution in [0.15, 0.2) is 42.6 Å². The first-order chi connectivity index (χ1) is 17.2. The third-order valence-electron chi connectivity index (χ3n) is 6.60. The highest BCUT2D eigenvalue weighted by atomic mass is 32.2. The number of anilines is 1. The van der Waals surface area contributed by atoms with Crippen molar-refractivity contribution in [3.05, 3.63) is 76.4 Å². The summed E-state index contributed by atoms with van der Waals surface area (Å²) in [6.45, 7) is 3.40. The Morgan fingerprint density at radius 1 is 1.19 bits per heavy atom. The highest BCUT2D eigenvalue weighted by Crippen LogP contribution is 2.40. The van der Waals surface area contributed by atoms with Crippen molar-refractivity contribution in [2.24, 2.45) is 7.05 Å². The molecule has 1 amide bonds. The number of hydrogen-bond acceptors (Lipinski definition) is 6. The van der Waals surface area contributed by atoms with Crippen molar-refractivity contribution in [2.75, 3.05) is 23.9 Å². The molecule has 0 spiro atoms. The molecule has 1 fully saturated rings. The summed E-state index contributed by atoms with van der Waals surface area (Å²) in [7, 11) is -2.33. The molecule has 0 saturated carbocycles. The average Bonchev–Trinajstić information content (AvgIpc) is 3.31. The number of nitrogens with one attached hydrogen (secondary N) is 1. The zero-order valence-corrected chi connectivity index (χ0v) is 21.0. The van der Waals surface area contributed by atoms with Crippen LogP contribution in [0.5, 0.6) is 5.75 Å². The molecule has 0 unspecified atom stereocenters. The van der Waals surface area contributed by atoms with E-state index in [1.54, 1.807) is 10.7 Å². The SMILES string of the molecule is Cc1nn(C)cc1CCN1CCc2cc(OCc3ccccc3)c(N3CC(=O)NS3(=O)=O)c(F)c2C1. The summed E-state index contributed by atoms with van der Waals surface area (Å²) in [6.07, 6.45) is 3.37. The van der Waals surface area contributed by atoms with E-state index in [-0.39, 0.29) is 18.0 Å². The van der Waals surface area contributed by atoms with Gasteiger partial charge < -0.3 is 4.74 Å². The van der Waals surface area contributed by atoms with Crippen molar-refractivity contribution in [1.82, 2.24) is 19.4 Å². The van der Waals surface area contributed by atoms with E-state index in [1.165, 1.54) is 0 Å². The summed E-state index contributed by atoms with van der Waals surface area (Å²) in [5, 5.41) is 4.38. The topological polar surface area (TPSA) is 96.8 Å². The van der Waals surface area contributed by atoms with E-state index in [0.717, 1.165) is 46.2 Å². The van der Waals surface area contributed by atoms with Crippen LogP contribution in [0.1, 0.15) is 27.9 Å². The molecule has 2 aliphatic heterocycles. The van der Waals surface area contributed by atoms with Crippen LogP contribution in [-0.2, 0) is 48.0 Å². The summed E-state index contributed by atoms with van der Waals surface area (Å²) in [4.78, 5) is 14.1. The van der Waals surface area contributed by atoms with Crippen molar-refractivity contribution in [1.29, 1.82) is 0 Å². The molecule has 11 heteroatoms. The molecule has 5 rings (SSSR count). The predicted molar refractivity (Wildman–Crippen MR) is 132 cm³/mol. The van der Waals surface area contributed by atoms with Gasteiger partial charge in [-0.1, -0.05) is 30.3 Å². The van der Waals surface area contributed by atoms with Gasteiger partial charge in [-0.25, -0.2) is 13.4 Å². The average molecular weight is 514 g/mol. The second-order valence-electron chi connectivity index (χ2n) is 9.18. The maximum atomic E-state index is 16.1. The third kappa shape index (κ3) is 4.80. The number of ether oxygens (including phenoxy) is 1. The van der Waals surface area contributed by atoms with Gasteiger partial charge in [-0.05, 0) is 42.5 Å². The maximum absolute atomic E-state index is 16.1. The van der Waals surface area contributed by atoms with Crippen LogP contribution < -0.4 is 13.8 Å². The lowest BCUT2D eigenvalue weighted by Crippen LogP contribution is -2.35. The molecule has 0 aliphatic carbocycles. The first-order valence-electron chi connectivity index (χ1n) is 11.8. The van der Waals surface area contributed by atoms with Gasteiger partial charge >= 0.3 is 10.2 Å². The standard InChI is InChI=1S/C25H28FN5O4S/c1-17-20(13-29(2)27-17)9-11-30-10-8-19-12-22(35-16-18-6-4-3-5-7-18)25(24(26)21(19)14-30)31-15-23(32)28-36(31,33)34/h3-7,12-13H,8-11,14-16H2,1-2H3,(H,28,32). The largest absolute Gasteiger partial charge is 0.487 e. The van der Waals surface area contributed by atoms with Gasteiger partial charge in [0.25, 0.3) is 5.91 Å². The first kappa shape index (κ1) is 24.3. The molecular weight excluding hydrogens is 485 g/mol. The number of nitrogens with zero attached hydrogens (tertiary/aromatic N) is 4. The number of amides is 1. The number of aromatic nitrogens is 2. The van der Waals surface area contributed by atoms with Gasteiger partial charge in [0.05, 0.1) is 5.69 Å². The Morgan fingerprint density at radius 2 is 1.97 bits per heavy atom. The van der Waals surface area contributed by atoms with Crippen molar-refractivity contribution < 1.29 is 22.3 Å². The monoisotopic (exact) mass is 513 g/mol. The normalized spacial score (nSPS) is 17.2. The number of carbonyl (C=O) groups excluding carboxylic acids is 1. The fraction of sp³-hybridized carbons (Fsp3) is 0.360. The molecule has 3 heterocycles. The summed E-state index contributed by atoms with van der Waals surface area (Å²) in [5.41, 5.74) is 3.96. The van der Waals surface area contributed by atoms with Crippen LogP contribution in [-0.4, -0.2) is 48.6 Å². The van der Waals surface area contributed by atoms with Gasteiger partial charge in [-0.3, -0.25) is 14.4 Å². The minimum atomic E-state index is -4.22. The first-order valence-corrected chi connectivity index (χ1v) is 13.2. The van der Waals surface area contributed by atoms with Crippen LogP contribution in [0, 0.1) is 12.7 Å². The summed E-state index contributed by atoms with van der Waals surface area (Å²) >= 11 is 0. The molecule has 2 aromatic carbocycles. The molecule has 36 heavy (non-hydrogen) atoms. The molecular formula is C25H28FN5O4S. The number of fused-ring (bicyclic) bond motifs is 1. The fourth-order valence-electron chi connectivity index (χ4n) is 4.77. The molecule has 190 valence electrons. The van der Waals surface area contributed by atoms with E-state index < -0.39 is 28.5 Å². The van der Waals surface area contributed by atoms with E-state index in [1.807, 2.05) is 55.2 Å². The molecule has 1 aromatic heterocycles. The van der Waals surface area contributed by atoms with Gasteiger partial charge in [-0.15, -0.1) is 0 Å². The number of carbonyl (C=O) groups is 1. The Hall–Kier alpha value is -3.44. The highest BCUT2D eigenvalue weighted by molar-refractivity contribution is 7.92. The Labute approximate surface area is 209 Å². The van der Waals surface area contributed by atoms with Crippen LogP contribution in [0.4, 0.5) is 10.1 Å². The van der Waals surface area contributed by atoms with Crippen LogP contribution in [0.25, 0.3) is 0 Å². The summed E-state index contributed by atoms with van der Waals surface area (Å²) in [6, 6.07) is 11.1. The molecule has 0 atom stereocenters. The molecule has 0 radical (unpaired) electrons. The molecule has 1 saturated heterocycles. The van der Waals surface area contributed by atoms with E-state index in [2.05, 4.69) is 10.00 Å². The van der Waals surface area contributed by atoms with Crippen molar-refractivity contribution in [3.63, 3.8) is 0 Å². The fourth-order valence-corrected chi connectivity index (χ4v) is 5.93. The summed E-state index contributed by atoms with van der Waals surface area (Å²) in [5.74, 6) is -1.28. The second kappa shape index (κ2) is 9.55. The molecule has 2 aliphatic rings. The molecule has 0 bridgehead atoms. The lowest BCUT2D eigenvalue weighted by Gasteiger charge is -2.31. The molecule has 9 nitrogen and oxygen atoms in total. The number of aryl methyl sites for hydroxylation is 2. The maximum Gasteiger partial charge on any atom is 0.326 e. The van der Waals surface area contributed by atoms with E-state index >= 15 is 4.39 Å². The Kier molecular flexibility index (Phi) is 6.44. The van der Waals surface area contributed by atoms with E-state index in [9.17, 15) is 13.2 Å². The van der Waals surface area contributed by atoms with Crippen LogP contribution in [0.2, 0.25) is 0 Å². The molecule has 3 aromatic rings. The second-order valence-corrected chi connectivity index (χ2v) is 10.8. The van der Waals surface area contributed by atoms with Gasteiger partial charge in [-0.2, -0.15) is 13.5 Å². The van der Waals surface area contributed by atoms with Crippen molar-refractivity contribution in [2.45, 2.75) is 32.9 Å². The smallest absolute Gasteiger partial charge is 0.326 e. The van der Waals surface area contributed by atoms with Gasteiger partial charge in [0.1, 0.15) is 24.6 Å². The van der Waals surface area contributed by atoms with Crippen LogP contribution in [0.3, 0.4) is 0 Å². The van der Waals surface area contributed by atoms with E-state index in [0.29, 0.717) is 18.5 Å². The zero-order chi connectivity index (χ0) is 25.4. The Morgan fingerprint density at radius 3 is 2.64 bits per heavy atom. The number of hydrogen-bond donors (Lipinski definition) is 1. The number of benzene rings is 2. The minimum Gasteiger partial charge on any atom is -0.487 e. The number of rotatable bonds is 7. The zero-order valence-electron chi connectivity index (χ0n) is 20.2. The van der Waals surface area contributed by atoms with Gasteiger partial charge in [0, 0.05) is 38.4 Å². The summed E-state index contributed by atoms with van der Waals surface area (Å²) < 4.78 is 51.8. The van der Waals surface area contributed by atoms with Gasteiger partial charge in [0.2, 0.25) is 0 Å². The molecule has 1 N–H and O–H groups in total. The van der Waals surface area contributed by atoms with E-state index in [4.69, 9.17) is 4.74 Å².